The Bertz CT molecular complexity index is 1390. The summed E-state index contributed by atoms with van der Waals surface area (Å²) in [5, 5.41) is 9.75. The molecule has 0 saturated carbocycles. The maximum atomic E-state index is 12.9. The molecule has 0 radical (unpaired) electrons. The van der Waals surface area contributed by atoms with Gasteiger partial charge >= 0.3 is 0 Å². The molecule has 10 heteroatoms. The molecule has 0 bridgehead atoms. The minimum atomic E-state index is 0.0537. The predicted octanol–water partition coefficient (Wildman–Crippen LogP) is 4.09. The molecule has 4 heterocycles. The summed E-state index contributed by atoms with van der Waals surface area (Å²) < 4.78 is 0. The van der Waals surface area contributed by atoms with E-state index in [1.54, 1.807) is 29.4 Å². The fourth-order valence-corrected chi connectivity index (χ4v) is 4.23. The van der Waals surface area contributed by atoms with Gasteiger partial charge in [0.15, 0.2) is 5.82 Å². The molecule has 0 unspecified atom stereocenters. The minimum absolute atomic E-state index is 0.0537. The van der Waals surface area contributed by atoms with Crippen LogP contribution in [0.3, 0.4) is 0 Å². The zero-order valence-electron chi connectivity index (χ0n) is 20.8. The van der Waals surface area contributed by atoms with Crippen molar-refractivity contribution in [2.45, 2.75) is 19.8 Å². The number of aromatic nitrogens is 5. The van der Waals surface area contributed by atoms with Crippen LogP contribution >= 0.6 is 0 Å². The normalized spacial score (nSPS) is 13.7. The Morgan fingerprint density at radius 3 is 2.49 bits per heavy atom. The zero-order chi connectivity index (χ0) is 25.6. The van der Waals surface area contributed by atoms with Gasteiger partial charge in [-0.1, -0.05) is 12.1 Å². The fourth-order valence-electron chi connectivity index (χ4n) is 4.23. The quantitative estimate of drug-likeness (QED) is 0.348. The van der Waals surface area contributed by atoms with Gasteiger partial charge in [-0.05, 0) is 75.3 Å². The van der Waals surface area contributed by atoms with Gasteiger partial charge in [-0.25, -0.2) is 19.9 Å². The van der Waals surface area contributed by atoms with Crippen LogP contribution in [-0.4, -0.2) is 51.0 Å². The average Bonchev–Trinajstić information content (AvgIpc) is 2.93. The molecule has 1 fully saturated rings. The minimum Gasteiger partial charge on any atom is -0.325 e. The number of amides is 1. The van der Waals surface area contributed by atoms with Gasteiger partial charge in [-0.2, -0.15) is 4.98 Å². The molecular weight excluding hydrogens is 466 g/mol. The molecular formula is C27H29N9O. The number of aryl methyl sites for hydroxylation is 1. The van der Waals surface area contributed by atoms with Crippen molar-refractivity contribution in [3.8, 4) is 11.5 Å². The van der Waals surface area contributed by atoms with Crippen molar-refractivity contribution in [1.82, 2.24) is 30.2 Å². The molecule has 1 aromatic carbocycles. The Kier molecular flexibility index (Phi) is 7.27. The number of hydrogen-bond donors (Lipinski definition) is 3. The van der Waals surface area contributed by atoms with Gasteiger partial charge in [0.1, 0.15) is 17.3 Å². The summed E-state index contributed by atoms with van der Waals surface area (Å²) in [5.41, 5.74) is 3.21. The van der Waals surface area contributed by atoms with Gasteiger partial charge in [0, 0.05) is 42.4 Å². The Labute approximate surface area is 215 Å². The van der Waals surface area contributed by atoms with E-state index in [2.05, 4.69) is 40.9 Å². The smallest absolute Gasteiger partial charge is 0.229 e. The van der Waals surface area contributed by atoms with Crippen LogP contribution in [0.15, 0.2) is 67.0 Å². The van der Waals surface area contributed by atoms with Crippen LogP contribution in [0.25, 0.3) is 11.5 Å². The van der Waals surface area contributed by atoms with Crippen molar-refractivity contribution < 1.29 is 4.79 Å². The third-order valence-corrected chi connectivity index (χ3v) is 6.19. The highest BCUT2D eigenvalue weighted by atomic mass is 16.2. The van der Waals surface area contributed by atoms with Gasteiger partial charge in [-0.15, -0.1) is 0 Å². The molecule has 3 N–H and O–H groups in total. The van der Waals surface area contributed by atoms with E-state index in [-0.39, 0.29) is 11.8 Å². The summed E-state index contributed by atoms with van der Waals surface area (Å²) in [4.78, 5) is 37.0. The van der Waals surface area contributed by atoms with E-state index in [9.17, 15) is 4.79 Å². The molecule has 0 atom stereocenters. The van der Waals surface area contributed by atoms with Crippen molar-refractivity contribution in [3.63, 3.8) is 0 Å². The van der Waals surface area contributed by atoms with E-state index in [0.29, 0.717) is 29.1 Å². The summed E-state index contributed by atoms with van der Waals surface area (Å²) in [6.45, 7) is 3.69. The largest absolute Gasteiger partial charge is 0.325 e. The molecule has 1 aliphatic heterocycles. The SMILES string of the molecule is Cc1cccc(-c2nccc(Nc3ccnc(Nc4cccc(N(C)C(=O)C5CCNCC5)c4)n3)n2)n1. The summed E-state index contributed by atoms with van der Waals surface area (Å²) in [6.07, 6.45) is 5.08. The maximum absolute atomic E-state index is 12.9. The highest BCUT2D eigenvalue weighted by Crippen LogP contribution is 2.25. The third-order valence-electron chi connectivity index (χ3n) is 6.19. The van der Waals surface area contributed by atoms with Gasteiger partial charge < -0.3 is 20.9 Å². The number of piperidine rings is 1. The number of nitrogens with one attached hydrogen (secondary N) is 3. The summed E-state index contributed by atoms with van der Waals surface area (Å²) in [6, 6.07) is 17.0. The highest BCUT2D eigenvalue weighted by Gasteiger charge is 2.24. The Morgan fingerprint density at radius 1 is 0.919 bits per heavy atom. The van der Waals surface area contributed by atoms with Gasteiger partial charge in [0.2, 0.25) is 11.9 Å². The van der Waals surface area contributed by atoms with Crippen molar-refractivity contribution in [2.24, 2.45) is 5.92 Å². The van der Waals surface area contributed by atoms with Crippen LogP contribution in [0.1, 0.15) is 18.5 Å². The van der Waals surface area contributed by atoms with Crippen molar-refractivity contribution in [2.75, 3.05) is 35.7 Å². The van der Waals surface area contributed by atoms with E-state index in [1.165, 1.54) is 0 Å². The molecule has 0 aliphatic carbocycles. The van der Waals surface area contributed by atoms with Crippen LogP contribution in [0.2, 0.25) is 0 Å². The van der Waals surface area contributed by atoms with Crippen LogP contribution in [0.4, 0.5) is 29.0 Å². The lowest BCUT2D eigenvalue weighted by Gasteiger charge is -2.27. The topological polar surface area (TPSA) is 121 Å². The Morgan fingerprint density at radius 2 is 1.68 bits per heavy atom. The number of hydrogen-bond acceptors (Lipinski definition) is 9. The lowest BCUT2D eigenvalue weighted by atomic mass is 9.96. The second-order valence-corrected chi connectivity index (χ2v) is 8.92. The van der Waals surface area contributed by atoms with E-state index in [4.69, 9.17) is 0 Å². The lowest BCUT2D eigenvalue weighted by molar-refractivity contribution is -0.122. The lowest BCUT2D eigenvalue weighted by Crippen LogP contribution is -2.39. The summed E-state index contributed by atoms with van der Waals surface area (Å²) in [5.74, 6) is 2.32. The van der Waals surface area contributed by atoms with E-state index >= 15 is 0 Å². The van der Waals surface area contributed by atoms with E-state index in [0.717, 1.165) is 43.0 Å². The third kappa shape index (κ3) is 6.04. The van der Waals surface area contributed by atoms with Gasteiger partial charge in [0.25, 0.3) is 0 Å². The van der Waals surface area contributed by atoms with Crippen LogP contribution < -0.4 is 20.9 Å². The van der Waals surface area contributed by atoms with Crippen LogP contribution in [0.5, 0.6) is 0 Å². The maximum Gasteiger partial charge on any atom is 0.229 e. The first kappa shape index (κ1) is 24.3. The second kappa shape index (κ2) is 11.1. The van der Waals surface area contributed by atoms with Crippen molar-refractivity contribution in [3.05, 3.63) is 72.7 Å². The highest BCUT2D eigenvalue weighted by molar-refractivity contribution is 5.95. The standard InChI is InChI=1S/C27H29N9O/c1-18-5-3-8-22(31-18)25-29-15-11-23(34-25)33-24-12-16-30-27(35-24)32-20-6-4-7-21(17-20)36(2)26(37)19-9-13-28-14-10-19/h3-8,11-12,15-17,19,28H,9-10,13-14H2,1-2H3,(H2,29,30,32,33,34,35). The molecule has 0 spiro atoms. The number of carbonyl (C=O) groups excluding carboxylic acids is 1. The van der Waals surface area contributed by atoms with Gasteiger partial charge in [0.05, 0.1) is 0 Å². The monoisotopic (exact) mass is 495 g/mol. The van der Waals surface area contributed by atoms with E-state index in [1.807, 2.05) is 56.4 Å². The molecule has 4 aromatic rings. The zero-order valence-corrected chi connectivity index (χ0v) is 20.8. The first-order valence-electron chi connectivity index (χ1n) is 12.3. The molecule has 1 aliphatic rings. The molecule has 1 amide bonds. The van der Waals surface area contributed by atoms with Crippen molar-refractivity contribution >= 4 is 34.9 Å². The average molecular weight is 496 g/mol. The number of rotatable bonds is 7. The summed E-state index contributed by atoms with van der Waals surface area (Å²) in [7, 11) is 1.83. The predicted molar refractivity (Wildman–Crippen MR) is 144 cm³/mol. The Hall–Kier alpha value is -4.44. The Balaban J connectivity index is 1.28. The second-order valence-electron chi connectivity index (χ2n) is 8.92. The molecule has 37 heavy (non-hydrogen) atoms. The number of carbonyl (C=O) groups is 1. The number of benzene rings is 1. The van der Waals surface area contributed by atoms with Gasteiger partial charge in [-0.3, -0.25) is 4.79 Å². The molecule has 1 saturated heterocycles. The fraction of sp³-hybridized carbons (Fsp3) is 0.259. The molecule has 188 valence electrons. The number of anilines is 5. The van der Waals surface area contributed by atoms with E-state index < -0.39 is 0 Å². The first-order chi connectivity index (χ1) is 18.0. The van der Waals surface area contributed by atoms with Crippen molar-refractivity contribution in [1.29, 1.82) is 0 Å². The first-order valence-corrected chi connectivity index (χ1v) is 12.3. The summed E-state index contributed by atoms with van der Waals surface area (Å²) >= 11 is 0. The molecule has 5 rings (SSSR count). The molecule has 3 aromatic heterocycles. The molecule has 10 nitrogen and oxygen atoms in total. The number of pyridine rings is 1. The number of nitrogens with zero attached hydrogens (tertiary/aromatic N) is 6. The van der Waals surface area contributed by atoms with Crippen LogP contribution in [0, 0.1) is 12.8 Å². The van der Waals surface area contributed by atoms with Crippen LogP contribution in [-0.2, 0) is 4.79 Å².